The van der Waals surface area contributed by atoms with Gasteiger partial charge in [0.2, 0.25) is 0 Å². The lowest BCUT2D eigenvalue weighted by Crippen LogP contribution is -2.30. The molecule has 0 saturated carbocycles. The van der Waals surface area contributed by atoms with Crippen molar-refractivity contribution in [1.82, 2.24) is 9.97 Å². The number of para-hydroxylation sites is 1. The monoisotopic (exact) mass is 463 g/mol. The zero-order chi connectivity index (χ0) is 23.5. The van der Waals surface area contributed by atoms with E-state index >= 15 is 0 Å². The van der Waals surface area contributed by atoms with Crippen LogP contribution in [0.3, 0.4) is 0 Å². The fourth-order valence-corrected chi connectivity index (χ4v) is 5.01. The summed E-state index contributed by atoms with van der Waals surface area (Å²) in [6.45, 7) is 4.69. The highest BCUT2D eigenvalue weighted by molar-refractivity contribution is 7.22. The van der Waals surface area contributed by atoms with E-state index in [0.29, 0.717) is 23.2 Å². The number of thiazole rings is 1. The van der Waals surface area contributed by atoms with Gasteiger partial charge in [0.05, 0.1) is 22.5 Å². The zero-order valence-electron chi connectivity index (χ0n) is 19.2. The molecule has 168 valence electrons. The van der Waals surface area contributed by atoms with Gasteiger partial charge in [-0.05, 0) is 52.9 Å². The molecule has 3 aromatic carbocycles. The summed E-state index contributed by atoms with van der Waals surface area (Å²) < 4.78 is 1.08. The van der Waals surface area contributed by atoms with Gasteiger partial charge in [0.25, 0.3) is 5.91 Å². The molecule has 0 bridgehead atoms. The molecular weight excluding hydrogens is 438 g/mol. The molecule has 0 saturated heterocycles. The molecule has 0 aliphatic carbocycles. The number of hydrogen-bond acceptors (Lipinski definition) is 4. The Hall–Kier alpha value is -3.83. The largest absolute Gasteiger partial charge is 0.278 e. The average molecular weight is 464 g/mol. The van der Waals surface area contributed by atoms with Crippen molar-refractivity contribution in [2.75, 3.05) is 4.90 Å². The van der Waals surface area contributed by atoms with Crippen LogP contribution in [0, 0.1) is 0 Å². The van der Waals surface area contributed by atoms with Crippen molar-refractivity contribution in [3.63, 3.8) is 0 Å². The maximum absolute atomic E-state index is 13.8. The Balaban J connectivity index is 1.53. The van der Waals surface area contributed by atoms with Crippen LogP contribution in [0.15, 0.2) is 97.2 Å². The van der Waals surface area contributed by atoms with E-state index in [1.165, 1.54) is 5.56 Å². The molecule has 5 aromatic rings. The molecule has 0 aliphatic heterocycles. The maximum atomic E-state index is 13.8. The second-order valence-electron chi connectivity index (χ2n) is 8.50. The molecule has 1 amide bonds. The molecule has 4 nitrogen and oxygen atoms in total. The van der Waals surface area contributed by atoms with E-state index in [0.717, 1.165) is 27.0 Å². The van der Waals surface area contributed by atoms with Crippen molar-refractivity contribution >= 4 is 32.6 Å². The van der Waals surface area contributed by atoms with Gasteiger partial charge in [0.1, 0.15) is 0 Å². The molecule has 0 N–H and O–H groups in total. The minimum atomic E-state index is -0.0876. The number of pyridine rings is 1. The molecule has 2 heterocycles. The molecule has 5 heteroatoms. The van der Waals surface area contributed by atoms with Crippen molar-refractivity contribution in [1.29, 1.82) is 0 Å². The van der Waals surface area contributed by atoms with Crippen molar-refractivity contribution in [2.24, 2.45) is 0 Å². The molecular formula is C29H25N3OS. The van der Waals surface area contributed by atoms with Gasteiger partial charge in [-0.25, -0.2) is 4.98 Å². The number of fused-ring (bicyclic) bond motifs is 1. The van der Waals surface area contributed by atoms with Crippen LogP contribution in [0.4, 0.5) is 5.13 Å². The van der Waals surface area contributed by atoms with Crippen LogP contribution >= 0.6 is 11.3 Å². The summed E-state index contributed by atoms with van der Waals surface area (Å²) in [5, 5.41) is 0.686. The molecule has 0 atom stereocenters. The van der Waals surface area contributed by atoms with Crippen LogP contribution in [0.25, 0.3) is 21.3 Å². The highest BCUT2D eigenvalue weighted by atomic mass is 32.1. The first kappa shape index (κ1) is 22.0. The lowest BCUT2D eigenvalue weighted by molar-refractivity contribution is 0.0985. The predicted octanol–water partition coefficient (Wildman–Crippen LogP) is 7.33. The normalized spacial score (nSPS) is 11.1. The Morgan fingerprint density at radius 3 is 2.29 bits per heavy atom. The summed E-state index contributed by atoms with van der Waals surface area (Å²) >= 11 is 1.55. The molecule has 0 radical (unpaired) electrons. The number of benzene rings is 3. The van der Waals surface area contributed by atoms with Crippen molar-refractivity contribution in [2.45, 2.75) is 26.3 Å². The van der Waals surface area contributed by atoms with E-state index in [1.54, 1.807) is 22.4 Å². The SMILES string of the molecule is CC(C)c1cccc2sc(N(Cc3ccccn3)C(=O)c3ccc(-c4ccccc4)cc3)nc12. The average Bonchev–Trinajstić information content (AvgIpc) is 3.32. The minimum absolute atomic E-state index is 0.0876. The lowest BCUT2D eigenvalue weighted by atomic mass is 10.0. The van der Waals surface area contributed by atoms with Crippen molar-refractivity contribution < 1.29 is 4.79 Å². The van der Waals surface area contributed by atoms with Gasteiger partial charge < -0.3 is 0 Å². The van der Waals surface area contributed by atoms with Gasteiger partial charge in [-0.15, -0.1) is 0 Å². The minimum Gasteiger partial charge on any atom is -0.278 e. The number of anilines is 1. The Kier molecular flexibility index (Phi) is 6.19. The number of carbonyl (C=O) groups is 1. The van der Waals surface area contributed by atoms with E-state index in [4.69, 9.17) is 4.98 Å². The van der Waals surface area contributed by atoms with Crippen LogP contribution in [-0.4, -0.2) is 15.9 Å². The Morgan fingerprint density at radius 1 is 0.853 bits per heavy atom. The highest BCUT2D eigenvalue weighted by Gasteiger charge is 2.23. The van der Waals surface area contributed by atoms with Crippen LogP contribution < -0.4 is 4.90 Å². The Bertz CT molecular complexity index is 1410. The fraction of sp³-hybridized carbons (Fsp3) is 0.138. The van der Waals surface area contributed by atoms with Gasteiger partial charge in [0.15, 0.2) is 5.13 Å². The lowest BCUT2D eigenvalue weighted by Gasteiger charge is -2.20. The van der Waals surface area contributed by atoms with E-state index in [-0.39, 0.29) is 5.91 Å². The third kappa shape index (κ3) is 4.47. The van der Waals surface area contributed by atoms with E-state index in [1.807, 2.05) is 60.7 Å². The number of rotatable bonds is 6. The summed E-state index contributed by atoms with van der Waals surface area (Å²) in [5.74, 6) is 0.263. The Labute approximate surface area is 203 Å². The van der Waals surface area contributed by atoms with Crippen LogP contribution in [-0.2, 0) is 6.54 Å². The fourth-order valence-electron chi connectivity index (χ4n) is 4.01. The van der Waals surface area contributed by atoms with Crippen molar-refractivity contribution in [3.8, 4) is 11.1 Å². The second kappa shape index (κ2) is 9.57. The van der Waals surface area contributed by atoms with E-state index in [2.05, 4.69) is 49.2 Å². The van der Waals surface area contributed by atoms with Gasteiger partial charge in [0, 0.05) is 11.8 Å². The number of carbonyl (C=O) groups excluding carboxylic acids is 1. The quantitative estimate of drug-likeness (QED) is 0.265. The first-order chi connectivity index (χ1) is 16.6. The van der Waals surface area contributed by atoms with Gasteiger partial charge in [-0.3, -0.25) is 14.7 Å². The zero-order valence-corrected chi connectivity index (χ0v) is 20.0. The molecule has 34 heavy (non-hydrogen) atoms. The Morgan fingerprint density at radius 2 is 1.59 bits per heavy atom. The number of nitrogens with zero attached hydrogens (tertiary/aromatic N) is 3. The first-order valence-electron chi connectivity index (χ1n) is 11.4. The van der Waals surface area contributed by atoms with Gasteiger partial charge >= 0.3 is 0 Å². The number of aromatic nitrogens is 2. The second-order valence-corrected chi connectivity index (χ2v) is 9.51. The molecule has 0 fully saturated rings. The number of hydrogen-bond donors (Lipinski definition) is 0. The van der Waals surface area contributed by atoms with Crippen LogP contribution in [0.1, 0.15) is 41.4 Å². The summed E-state index contributed by atoms with van der Waals surface area (Å²) in [6.07, 6.45) is 1.75. The molecule has 5 rings (SSSR count). The van der Waals surface area contributed by atoms with E-state index in [9.17, 15) is 4.79 Å². The van der Waals surface area contributed by atoms with Crippen LogP contribution in [0.5, 0.6) is 0 Å². The summed E-state index contributed by atoms with van der Waals surface area (Å²) in [6, 6.07) is 29.9. The molecule has 0 spiro atoms. The summed E-state index contributed by atoms with van der Waals surface area (Å²) in [5.41, 5.74) is 5.81. The van der Waals surface area contributed by atoms with Gasteiger partial charge in [-0.2, -0.15) is 0 Å². The van der Waals surface area contributed by atoms with Gasteiger partial charge in [-0.1, -0.05) is 85.8 Å². The van der Waals surface area contributed by atoms with Crippen LogP contribution in [0.2, 0.25) is 0 Å². The maximum Gasteiger partial charge on any atom is 0.260 e. The molecule has 0 aliphatic rings. The third-order valence-corrected chi connectivity index (χ3v) is 6.87. The molecule has 2 aromatic heterocycles. The summed E-state index contributed by atoms with van der Waals surface area (Å²) in [7, 11) is 0. The molecule has 0 unspecified atom stereocenters. The van der Waals surface area contributed by atoms with Crippen molar-refractivity contribution in [3.05, 3.63) is 114 Å². The highest BCUT2D eigenvalue weighted by Crippen LogP contribution is 2.34. The topological polar surface area (TPSA) is 46.1 Å². The first-order valence-corrected chi connectivity index (χ1v) is 12.2. The van der Waals surface area contributed by atoms with E-state index < -0.39 is 0 Å². The predicted molar refractivity (Wildman–Crippen MR) is 140 cm³/mol. The smallest absolute Gasteiger partial charge is 0.260 e. The number of amides is 1. The summed E-state index contributed by atoms with van der Waals surface area (Å²) in [4.78, 5) is 24.9. The third-order valence-electron chi connectivity index (χ3n) is 5.82. The standard InChI is InChI=1S/C29H25N3OS/c1-20(2)25-12-8-13-26-27(25)31-29(34-26)32(19-24-11-6-7-18-30-24)28(33)23-16-14-22(15-17-23)21-9-4-3-5-10-21/h3-18,20H,19H2,1-2H3.